The quantitative estimate of drug-likeness (QED) is 0.799. The molecule has 0 saturated heterocycles. The highest BCUT2D eigenvalue weighted by Crippen LogP contribution is 2.32. The molecule has 126 valence electrons. The number of hydrogen-bond donors (Lipinski definition) is 3. The maximum absolute atomic E-state index is 12.2. The van der Waals surface area contributed by atoms with Crippen LogP contribution in [-0.4, -0.2) is 11.0 Å². The first-order chi connectivity index (χ1) is 11.4. The number of carbonyl (C=O) groups is 1. The molecule has 1 aromatic carbocycles. The fourth-order valence-corrected chi connectivity index (χ4v) is 3.41. The first kappa shape index (κ1) is 16.6. The van der Waals surface area contributed by atoms with Gasteiger partial charge in [0.15, 0.2) is 0 Å². The van der Waals surface area contributed by atoms with Crippen LogP contribution in [0.25, 0.3) is 0 Å². The van der Waals surface area contributed by atoms with Crippen LogP contribution >= 0.6 is 11.6 Å². The zero-order valence-corrected chi connectivity index (χ0v) is 14.5. The number of H-pyrrole nitrogens is 1. The van der Waals surface area contributed by atoms with Crippen molar-refractivity contribution in [3.63, 3.8) is 0 Å². The SMILES string of the molecule is Cc1cc(C)c(CNC(=O)NC2CCc3cc(Cl)ccc32)c(=O)[nH]1. The number of aromatic amines is 1. The van der Waals surface area contributed by atoms with Crippen LogP contribution in [0.15, 0.2) is 29.1 Å². The topological polar surface area (TPSA) is 74.0 Å². The second-order valence-corrected chi connectivity index (χ2v) is 6.64. The minimum atomic E-state index is -0.276. The molecule has 1 atom stereocenters. The van der Waals surface area contributed by atoms with Crippen LogP contribution < -0.4 is 16.2 Å². The predicted molar refractivity (Wildman–Crippen MR) is 94.4 cm³/mol. The highest BCUT2D eigenvalue weighted by molar-refractivity contribution is 6.30. The number of urea groups is 1. The Morgan fingerprint density at radius 2 is 2.12 bits per heavy atom. The molecule has 5 nitrogen and oxygen atoms in total. The minimum Gasteiger partial charge on any atom is -0.334 e. The fourth-order valence-electron chi connectivity index (χ4n) is 3.22. The zero-order chi connectivity index (χ0) is 17.3. The molecule has 2 amide bonds. The number of amides is 2. The van der Waals surface area contributed by atoms with Gasteiger partial charge in [0.2, 0.25) is 0 Å². The van der Waals surface area contributed by atoms with Gasteiger partial charge in [-0.05, 0) is 61.6 Å². The zero-order valence-electron chi connectivity index (χ0n) is 13.7. The lowest BCUT2D eigenvalue weighted by Gasteiger charge is -2.15. The number of benzene rings is 1. The van der Waals surface area contributed by atoms with E-state index in [9.17, 15) is 9.59 Å². The first-order valence-corrected chi connectivity index (χ1v) is 8.34. The third-order valence-corrected chi connectivity index (χ3v) is 4.64. The van der Waals surface area contributed by atoms with Gasteiger partial charge in [-0.1, -0.05) is 17.7 Å². The summed E-state index contributed by atoms with van der Waals surface area (Å²) in [6.45, 7) is 3.91. The smallest absolute Gasteiger partial charge is 0.315 e. The molecule has 1 aliphatic carbocycles. The summed E-state index contributed by atoms with van der Waals surface area (Å²) in [6, 6.07) is 7.36. The van der Waals surface area contributed by atoms with Gasteiger partial charge < -0.3 is 15.6 Å². The number of fused-ring (bicyclic) bond motifs is 1. The highest BCUT2D eigenvalue weighted by Gasteiger charge is 2.24. The molecule has 0 saturated carbocycles. The molecule has 0 fully saturated rings. The Morgan fingerprint density at radius 1 is 1.33 bits per heavy atom. The van der Waals surface area contributed by atoms with Gasteiger partial charge in [-0.25, -0.2) is 4.79 Å². The average Bonchev–Trinajstić information content (AvgIpc) is 2.88. The van der Waals surface area contributed by atoms with E-state index in [-0.39, 0.29) is 24.2 Å². The minimum absolute atomic E-state index is 0.0188. The summed E-state index contributed by atoms with van der Waals surface area (Å²) in [5, 5.41) is 6.46. The van der Waals surface area contributed by atoms with Crippen LogP contribution in [0.5, 0.6) is 0 Å². The van der Waals surface area contributed by atoms with Crippen LogP contribution in [0.2, 0.25) is 5.02 Å². The fraction of sp³-hybridized carbons (Fsp3) is 0.333. The molecule has 1 aromatic heterocycles. The van der Waals surface area contributed by atoms with Crippen LogP contribution in [0.4, 0.5) is 4.79 Å². The summed E-state index contributed by atoms with van der Waals surface area (Å²) in [6.07, 6.45) is 1.75. The van der Waals surface area contributed by atoms with Gasteiger partial charge in [0.25, 0.3) is 5.56 Å². The highest BCUT2D eigenvalue weighted by atomic mass is 35.5. The van der Waals surface area contributed by atoms with Gasteiger partial charge in [0, 0.05) is 16.3 Å². The molecule has 2 aromatic rings. The maximum Gasteiger partial charge on any atom is 0.315 e. The van der Waals surface area contributed by atoms with Crippen LogP contribution in [-0.2, 0) is 13.0 Å². The molecule has 1 aliphatic rings. The lowest BCUT2D eigenvalue weighted by Crippen LogP contribution is -2.38. The summed E-state index contributed by atoms with van der Waals surface area (Å²) in [4.78, 5) is 26.9. The standard InChI is InChI=1S/C18H20ClN3O2/c1-10-7-11(2)21-17(23)15(10)9-20-18(24)22-16-6-3-12-8-13(19)4-5-14(12)16/h4-5,7-8,16H,3,6,9H2,1-2H3,(H,21,23)(H2,20,22,24). The molecule has 0 radical (unpaired) electrons. The summed E-state index contributed by atoms with van der Waals surface area (Å²) in [5.74, 6) is 0. The number of aryl methyl sites for hydroxylation is 3. The van der Waals surface area contributed by atoms with Crippen LogP contribution in [0.1, 0.15) is 40.4 Å². The van der Waals surface area contributed by atoms with Crippen LogP contribution in [0.3, 0.4) is 0 Å². The molecule has 1 unspecified atom stereocenters. The van der Waals surface area contributed by atoms with E-state index in [1.165, 1.54) is 5.56 Å². The molecule has 0 aliphatic heterocycles. The van der Waals surface area contributed by atoms with Gasteiger partial charge in [0.1, 0.15) is 0 Å². The van der Waals surface area contributed by atoms with Gasteiger partial charge in [-0.2, -0.15) is 0 Å². The number of nitrogens with one attached hydrogen (secondary N) is 3. The molecule has 0 bridgehead atoms. The van der Waals surface area contributed by atoms with Gasteiger partial charge in [-0.15, -0.1) is 0 Å². The van der Waals surface area contributed by atoms with E-state index in [0.717, 1.165) is 29.7 Å². The molecule has 3 N–H and O–H groups in total. The predicted octanol–water partition coefficient (Wildman–Crippen LogP) is 3.13. The number of carbonyl (C=O) groups excluding carboxylic acids is 1. The van der Waals surface area contributed by atoms with Crippen LogP contribution in [0, 0.1) is 13.8 Å². The molecular weight excluding hydrogens is 326 g/mol. The normalized spacial score (nSPS) is 15.9. The van der Waals surface area contributed by atoms with E-state index >= 15 is 0 Å². The van der Waals surface area contributed by atoms with Crippen molar-refractivity contribution in [1.82, 2.24) is 15.6 Å². The molecular formula is C18H20ClN3O2. The molecule has 3 rings (SSSR count). The second kappa shape index (κ2) is 6.69. The molecule has 1 heterocycles. The Hall–Kier alpha value is -2.27. The van der Waals surface area contributed by atoms with E-state index in [2.05, 4.69) is 15.6 Å². The number of hydrogen-bond acceptors (Lipinski definition) is 2. The van der Waals surface area contributed by atoms with Crippen molar-refractivity contribution in [3.05, 3.63) is 67.6 Å². The number of pyridine rings is 1. The first-order valence-electron chi connectivity index (χ1n) is 7.96. The van der Waals surface area contributed by atoms with Crippen molar-refractivity contribution in [2.24, 2.45) is 0 Å². The van der Waals surface area contributed by atoms with Crippen molar-refractivity contribution < 1.29 is 4.79 Å². The lowest BCUT2D eigenvalue weighted by atomic mass is 10.1. The second-order valence-electron chi connectivity index (χ2n) is 6.20. The third-order valence-electron chi connectivity index (χ3n) is 4.41. The van der Waals surface area contributed by atoms with Gasteiger partial charge in [-0.3, -0.25) is 4.79 Å². The van der Waals surface area contributed by atoms with E-state index in [4.69, 9.17) is 11.6 Å². The summed E-state index contributed by atoms with van der Waals surface area (Å²) in [7, 11) is 0. The molecule has 24 heavy (non-hydrogen) atoms. The number of aromatic nitrogens is 1. The summed E-state index contributed by atoms with van der Waals surface area (Å²) < 4.78 is 0. The Morgan fingerprint density at radius 3 is 2.88 bits per heavy atom. The van der Waals surface area contributed by atoms with E-state index < -0.39 is 0 Å². The van der Waals surface area contributed by atoms with Crippen molar-refractivity contribution >= 4 is 17.6 Å². The maximum atomic E-state index is 12.2. The Balaban J connectivity index is 1.63. The van der Waals surface area contributed by atoms with Gasteiger partial charge in [0.05, 0.1) is 12.6 Å². The number of rotatable bonds is 3. The summed E-state index contributed by atoms with van der Waals surface area (Å²) >= 11 is 6.00. The van der Waals surface area contributed by atoms with Crippen molar-refractivity contribution in [3.8, 4) is 0 Å². The largest absolute Gasteiger partial charge is 0.334 e. The molecule has 6 heteroatoms. The Bertz CT molecular complexity index is 845. The van der Waals surface area contributed by atoms with Crippen molar-refractivity contribution in [2.75, 3.05) is 0 Å². The third kappa shape index (κ3) is 3.46. The van der Waals surface area contributed by atoms with Gasteiger partial charge >= 0.3 is 6.03 Å². The van der Waals surface area contributed by atoms with Crippen molar-refractivity contribution in [2.45, 2.75) is 39.3 Å². The van der Waals surface area contributed by atoms with E-state index in [1.807, 2.05) is 38.1 Å². The average molecular weight is 346 g/mol. The van der Waals surface area contributed by atoms with Crippen molar-refractivity contribution in [1.29, 1.82) is 0 Å². The monoisotopic (exact) mass is 345 g/mol. The molecule has 0 spiro atoms. The van der Waals surface area contributed by atoms with E-state index in [0.29, 0.717) is 10.6 Å². The number of halogens is 1. The lowest BCUT2D eigenvalue weighted by molar-refractivity contribution is 0.236. The van der Waals surface area contributed by atoms with E-state index in [1.54, 1.807) is 0 Å². The summed E-state index contributed by atoms with van der Waals surface area (Å²) in [5.41, 5.74) is 4.39. The Labute approximate surface area is 145 Å². The Kier molecular flexibility index (Phi) is 4.62.